The van der Waals surface area contributed by atoms with Gasteiger partial charge in [-0.05, 0) is 63.1 Å². The van der Waals surface area contributed by atoms with E-state index >= 15 is 0 Å². The molecule has 3 heterocycles. The van der Waals surface area contributed by atoms with Crippen LogP contribution in [0.2, 0.25) is 0 Å². The third-order valence-corrected chi connectivity index (χ3v) is 6.43. The molecule has 3 aliphatic rings. The quantitative estimate of drug-likeness (QED) is 0.857. The highest BCUT2D eigenvalue weighted by molar-refractivity contribution is 5.38. The van der Waals surface area contributed by atoms with E-state index in [0.29, 0.717) is 11.3 Å². The molecule has 1 spiro atoms. The summed E-state index contributed by atoms with van der Waals surface area (Å²) >= 11 is 0. The minimum atomic E-state index is 0.589. The average Bonchev–Trinajstić information content (AvgIpc) is 2.56. The Bertz CT molecular complexity index is 510. The number of hydrogen-bond donors (Lipinski definition) is 0. The molecule has 0 radical (unpaired) electrons. The Labute approximate surface area is 139 Å². The molecule has 4 rings (SSSR count). The zero-order valence-electron chi connectivity index (χ0n) is 14.2. The monoisotopic (exact) mass is 316 g/mol. The molecule has 1 aromatic heterocycles. The summed E-state index contributed by atoms with van der Waals surface area (Å²) in [5.41, 5.74) is 0.594. The molecule has 0 amide bonds. The van der Waals surface area contributed by atoms with Crippen LogP contribution >= 0.6 is 0 Å². The molecule has 0 atom stereocenters. The van der Waals surface area contributed by atoms with E-state index in [9.17, 15) is 0 Å². The Hall–Kier alpha value is -1.36. The first kappa shape index (κ1) is 15.2. The van der Waals surface area contributed by atoms with Gasteiger partial charge >= 0.3 is 0 Å². The van der Waals surface area contributed by atoms with E-state index < -0.39 is 0 Å². The molecule has 5 nitrogen and oxygen atoms in total. The van der Waals surface area contributed by atoms with Crippen LogP contribution in [0, 0.1) is 5.41 Å². The second-order valence-corrected chi connectivity index (χ2v) is 7.54. The zero-order chi connectivity index (χ0) is 15.7. The fourth-order valence-electron chi connectivity index (χ4n) is 4.42. The van der Waals surface area contributed by atoms with Gasteiger partial charge in [-0.15, -0.1) is 10.2 Å². The van der Waals surface area contributed by atoms with Gasteiger partial charge in [-0.3, -0.25) is 0 Å². The van der Waals surface area contributed by atoms with Gasteiger partial charge in [-0.25, -0.2) is 0 Å². The highest BCUT2D eigenvalue weighted by atomic mass is 16.5. The van der Waals surface area contributed by atoms with Crippen molar-refractivity contribution in [2.45, 2.75) is 51.0 Å². The molecule has 23 heavy (non-hydrogen) atoms. The minimum Gasteiger partial charge on any atom is -0.480 e. The summed E-state index contributed by atoms with van der Waals surface area (Å²) in [6, 6.07) is 4.86. The largest absolute Gasteiger partial charge is 0.480 e. The lowest BCUT2D eigenvalue weighted by Crippen LogP contribution is -2.51. The molecular formula is C18H28N4O. The maximum absolute atomic E-state index is 5.09. The van der Waals surface area contributed by atoms with Gasteiger partial charge < -0.3 is 14.5 Å². The van der Waals surface area contributed by atoms with Crippen molar-refractivity contribution in [3.05, 3.63) is 12.1 Å². The number of aromatic nitrogens is 2. The topological polar surface area (TPSA) is 41.5 Å². The highest BCUT2D eigenvalue weighted by Crippen LogP contribution is 2.43. The van der Waals surface area contributed by atoms with E-state index in [1.807, 2.05) is 12.1 Å². The Balaban J connectivity index is 1.31. The first-order valence-corrected chi connectivity index (χ1v) is 9.15. The predicted octanol–water partition coefficient (Wildman–Crippen LogP) is 2.72. The molecule has 3 fully saturated rings. The van der Waals surface area contributed by atoms with Crippen LogP contribution < -0.4 is 9.64 Å². The average molecular weight is 316 g/mol. The number of rotatable bonds is 3. The van der Waals surface area contributed by atoms with Gasteiger partial charge in [0.1, 0.15) is 0 Å². The predicted molar refractivity (Wildman–Crippen MR) is 90.9 cm³/mol. The fraction of sp³-hybridized carbons (Fsp3) is 0.778. The number of methoxy groups -OCH3 is 1. The van der Waals surface area contributed by atoms with Crippen LogP contribution in [0.25, 0.3) is 0 Å². The Kier molecular flexibility index (Phi) is 4.14. The molecular weight excluding hydrogens is 288 g/mol. The number of anilines is 1. The molecule has 5 heteroatoms. The Morgan fingerprint density at radius 1 is 1.00 bits per heavy atom. The number of hydrogen-bond acceptors (Lipinski definition) is 5. The maximum Gasteiger partial charge on any atom is 0.233 e. The van der Waals surface area contributed by atoms with Gasteiger partial charge in [0.15, 0.2) is 5.82 Å². The number of piperidine rings is 2. The van der Waals surface area contributed by atoms with E-state index in [4.69, 9.17) is 4.74 Å². The van der Waals surface area contributed by atoms with Gasteiger partial charge in [0.2, 0.25) is 5.88 Å². The summed E-state index contributed by atoms with van der Waals surface area (Å²) < 4.78 is 5.09. The van der Waals surface area contributed by atoms with Crippen molar-refractivity contribution in [1.82, 2.24) is 15.1 Å². The second-order valence-electron chi connectivity index (χ2n) is 7.54. The van der Waals surface area contributed by atoms with E-state index in [0.717, 1.165) is 24.9 Å². The van der Waals surface area contributed by atoms with Crippen LogP contribution in [0.3, 0.4) is 0 Å². The minimum absolute atomic E-state index is 0.589. The summed E-state index contributed by atoms with van der Waals surface area (Å²) in [6.07, 6.45) is 9.73. The smallest absolute Gasteiger partial charge is 0.233 e. The molecule has 126 valence electrons. The van der Waals surface area contributed by atoms with E-state index in [-0.39, 0.29) is 0 Å². The Morgan fingerprint density at radius 2 is 1.70 bits per heavy atom. The van der Waals surface area contributed by atoms with Crippen LogP contribution in [0.4, 0.5) is 5.82 Å². The molecule has 2 saturated heterocycles. The molecule has 0 N–H and O–H groups in total. The van der Waals surface area contributed by atoms with Gasteiger partial charge in [0.25, 0.3) is 0 Å². The van der Waals surface area contributed by atoms with Crippen LogP contribution in [0.1, 0.15) is 44.9 Å². The first-order valence-electron chi connectivity index (χ1n) is 9.15. The lowest BCUT2D eigenvalue weighted by atomic mass is 9.70. The van der Waals surface area contributed by atoms with Crippen molar-refractivity contribution in [1.29, 1.82) is 0 Å². The van der Waals surface area contributed by atoms with Crippen LogP contribution in [0.15, 0.2) is 12.1 Å². The van der Waals surface area contributed by atoms with Gasteiger partial charge in [0, 0.05) is 25.2 Å². The lowest BCUT2D eigenvalue weighted by Gasteiger charge is -2.50. The summed E-state index contributed by atoms with van der Waals surface area (Å²) in [4.78, 5) is 5.14. The normalized spacial score (nSPS) is 25.3. The summed E-state index contributed by atoms with van der Waals surface area (Å²) in [5, 5.41) is 8.40. The number of likely N-dealkylation sites (tertiary alicyclic amines) is 1. The highest BCUT2D eigenvalue weighted by Gasteiger charge is 2.39. The standard InChI is InChI=1S/C18H28N4O/c1-23-17-6-5-16(19-20-17)22-13-9-18(10-14-22)7-11-21(12-8-18)15-3-2-4-15/h5-6,15H,2-4,7-14H2,1H3. The van der Waals surface area contributed by atoms with Gasteiger partial charge in [-0.1, -0.05) is 6.42 Å². The molecule has 1 aromatic rings. The molecule has 1 saturated carbocycles. The van der Waals surface area contributed by atoms with Crippen molar-refractivity contribution in [3.63, 3.8) is 0 Å². The molecule has 0 aromatic carbocycles. The van der Waals surface area contributed by atoms with Crippen molar-refractivity contribution >= 4 is 5.82 Å². The summed E-state index contributed by atoms with van der Waals surface area (Å²) in [6.45, 7) is 4.88. The summed E-state index contributed by atoms with van der Waals surface area (Å²) in [7, 11) is 1.63. The third kappa shape index (κ3) is 3.03. The third-order valence-electron chi connectivity index (χ3n) is 6.43. The van der Waals surface area contributed by atoms with Crippen LogP contribution in [0.5, 0.6) is 5.88 Å². The number of ether oxygens (including phenoxy) is 1. The zero-order valence-corrected chi connectivity index (χ0v) is 14.2. The van der Waals surface area contributed by atoms with Crippen LogP contribution in [-0.2, 0) is 0 Å². The van der Waals surface area contributed by atoms with Crippen LogP contribution in [-0.4, -0.2) is 54.4 Å². The summed E-state index contributed by atoms with van der Waals surface area (Å²) in [5.74, 6) is 1.58. The SMILES string of the molecule is COc1ccc(N2CCC3(CC2)CCN(C2CCC2)CC3)nn1. The first-order chi connectivity index (χ1) is 11.3. The molecule has 0 bridgehead atoms. The maximum atomic E-state index is 5.09. The van der Waals surface area contributed by atoms with Gasteiger partial charge in [-0.2, -0.15) is 0 Å². The van der Waals surface area contributed by atoms with Crippen molar-refractivity contribution in [2.75, 3.05) is 38.2 Å². The van der Waals surface area contributed by atoms with E-state index in [1.165, 1.54) is 58.0 Å². The fourth-order valence-corrected chi connectivity index (χ4v) is 4.42. The van der Waals surface area contributed by atoms with Crippen molar-refractivity contribution < 1.29 is 4.74 Å². The van der Waals surface area contributed by atoms with E-state index in [1.54, 1.807) is 7.11 Å². The molecule has 2 aliphatic heterocycles. The second kappa shape index (κ2) is 6.27. The molecule has 0 unspecified atom stereocenters. The Morgan fingerprint density at radius 3 is 2.22 bits per heavy atom. The number of nitrogens with zero attached hydrogens (tertiary/aromatic N) is 4. The van der Waals surface area contributed by atoms with E-state index in [2.05, 4.69) is 20.0 Å². The van der Waals surface area contributed by atoms with Gasteiger partial charge in [0.05, 0.1) is 7.11 Å². The van der Waals surface area contributed by atoms with Crippen molar-refractivity contribution in [3.8, 4) is 5.88 Å². The van der Waals surface area contributed by atoms with Crippen molar-refractivity contribution in [2.24, 2.45) is 5.41 Å². The lowest BCUT2D eigenvalue weighted by molar-refractivity contribution is 0.0305. The molecule has 1 aliphatic carbocycles.